The van der Waals surface area contributed by atoms with Crippen LogP contribution in [-0.2, 0) is 6.42 Å². The minimum atomic E-state index is -0.560. The Kier molecular flexibility index (Phi) is 4.08. The summed E-state index contributed by atoms with van der Waals surface area (Å²) in [6.45, 7) is 3.66. The van der Waals surface area contributed by atoms with Crippen molar-refractivity contribution in [2.75, 3.05) is 7.11 Å². The molecule has 1 aromatic carbocycles. The van der Waals surface area contributed by atoms with Crippen molar-refractivity contribution < 1.29 is 13.9 Å². The zero-order valence-electron chi connectivity index (χ0n) is 11.6. The molecular weight excluding hydrogens is 259 g/mol. The van der Waals surface area contributed by atoms with E-state index in [0.29, 0.717) is 23.4 Å². The Bertz CT molecular complexity index is 656. The molecule has 0 unspecified atom stereocenters. The van der Waals surface area contributed by atoms with Crippen LogP contribution in [0.5, 0.6) is 5.75 Å². The number of hydrogen-bond donors (Lipinski definition) is 0. The van der Waals surface area contributed by atoms with Crippen molar-refractivity contribution >= 4 is 5.78 Å². The molecule has 0 saturated carbocycles. The maximum atomic E-state index is 13.7. The van der Waals surface area contributed by atoms with Gasteiger partial charge in [-0.05, 0) is 37.6 Å². The van der Waals surface area contributed by atoms with Gasteiger partial charge in [-0.1, -0.05) is 6.92 Å². The Morgan fingerprint density at radius 1 is 1.30 bits per heavy atom. The number of ketones is 1. The Morgan fingerprint density at radius 3 is 2.65 bits per heavy atom. The van der Waals surface area contributed by atoms with E-state index in [1.165, 1.54) is 19.2 Å². The highest BCUT2D eigenvalue weighted by atomic mass is 19.1. The van der Waals surface area contributed by atoms with Crippen molar-refractivity contribution in [2.24, 2.45) is 0 Å². The normalized spacial score (nSPS) is 10.4. The quantitative estimate of drug-likeness (QED) is 0.804. The lowest BCUT2D eigenvalue weighted by Gasteiger charge is -2.08. The fourth-order valence-corrected chi connectivity index (χ4v) is 1.94. The van der Waals surface area contributed by atoms with Crippen molar-refractivity contribution in [3.05, 3.63) is 52.6 Å². The molecule has 104 valence electrons. The molecule has 0 saturated heterocycles. The zero-order valence-corrected chi connectivity index (χ0v) is 11.6. The molecule has 20 heavy (non-hydrogen) atoms. The molecule has 0 fully saturated rings. The molecule has 0 spiro atoms. The molecule has 0 aliphatic carbocycles. The molecule has 1 aromatic heterocycles. The first-order valence-electron chi connectivity index (χ1n) is 6.28. The van der Waals surface area contributed by atoms with E-state index in [9.17, 15) is 9.18 Å². The third kappa shape index (κ3) is 2.66. The second-order valence-electron chi connectivity index (χ2n) is 4.38. The molecule has 5 heteroatoms. The number of carbonyl (C=O) groups excluding carboxylic acids is 1. The fraction of sp³-hybridized carbons (Fsp3) is 0.267. The summed E-state index contributed by atoms with van der Waals surface area (Å²) in [5, 5.41) is 7.95. The van der Waals surface area contributed by atoms with Gasteiger partial charge in [-0.15, -0.1) is 0 Å². The number of hydrogen-bond acceptors (Lipinski definition) is 4. The molecule has 4 nitrogen and oxygen atoms in total. The van der Waals surface area contributed by atoms with Gasteiger partial charge in [0.05, 0.1) is 18.5 Å². The van der Waals surface area contributed by atoms with Crippen LogP contribution in [0.2, 0.25) is 0 Å². The SMILES string of the molecule is CCc1nnc(C)cc1C(=O)c1ccc(OC)c(F)c1. The second kappa shape index (κ2) is 5.77. The first-order valence-corrected chi connectivity index (χ1v) is 6.28. The van der Waals surface area contributed by atoms with E-state index in [1.807, 2.05) is 6.92 Å². The van der Waals surface area contributed by atoms with E-state index >= 15 is 0 Å². The van der Waals surface area contributed by atoms with E-state index in [-0.39, 0.29) is 17.1 Å². The molecule has 0 bridgehead atoms. The van der Waals surface area contributed by atoms with Crippen LogP contribution in [-0.4, -0.2) is 23.1 Å². The van der Waals surface area contributed by atoms with Gasteiger partial charge in [-0.3, -0.25) is 4.79 Å². The molecule has 0 radical (unpaired) electrons. The van der Waals surface area contributed by atoms with Crippen LogP contribution in [0.3, 0.4) is 0 Å². The van der Waals surface area contributed by atoms with Crippen LogP contribution in [0.4, 0.5) is 4.39 Å². The van der Waals surface area contributed by atoms with Gasteiger partial charge in [0, 0.05) is 11.1 Å². The summed E-state index contributed by atoms with van der Waals surface area (Å²) in [6, 6.07) is 5.84. The Morgan fingerprint density at radius 2 is 2.05 bits per heavy atom. The maximum Gasteiger partial charge on any atom is 0.195 e. The zero-order chi connectivity index (χ0) is 14.7. The number of methoxy groups -OCH3 is 1. The molecule has 0 N–H and O–H groups in total. The number of rotatable bonds is 4. The van der Waals surface area contributed by atoms with Crippen LogP contribution in [0.25, 0.3) is 0 Å². The summed E-state index contributed by atoms with van der Waals surface area (Å²) in [4.78, 5) is 12.5. The average molecular weight is 274 g/mol. The first kappa shape index (κ1) is 14.1. The Balaban J connectivity index is 2.46. The molecule has 2 aromatic rings. The minimum absolute atomic E-state index is 0.112. The second-order valence-corrected chi connectivity index (χ2v) is 4.38. The number of nitrogens with zero attached hydrogens (tertiary/aromatic N) is 2. The van der Waals surface area contributed by atoms with Crippen LogP contribution < -0.4 is 4.74 Å². The smallest absolute Gasteiger partial charge is 0.195 e. The number of carbonyl (C=O) groups is 1. The Hall–Kier alpha value is -2.30. The average Bonchev–Trinajstić information content (AvgIpc) is 2.46. The van der Waals surface area contributed by atoms with E-state index in [4.69, 9.17) is 4.74 Å². The molecule has 2 rings (SSSR count). The Labute approximate surface area is 116 Å². The van der Waals surface area contributed by atoms with Crippen molar-refractivity contribution in [3.8, 4) is 5.75 Å². The van der Waals surface area contributed by atoms with Crippen molar-refractivity contribution in [1.29, 1.82) is 0 Å². The van der Waals surface area contributed by atoms with Crippen LogP contribution in [0, 0.1) is 12.7 Å². The van der Waals surface area contributed by atoms with Crippen molar-refractivity contribution in [2.45, 2.75) is 20.3 Å². The number of aromatic nitrogens is 2. The lowest BCUT2D eigenvalue weighted by molar-refractivity contribution is 0.103. The van der Waals surface area contributed by atoms with Gasteiger partial charge in [-0.25, -0.2) is 4.39 Å². The summed E-state index contributed by atoms with van der Waals surface area (Å²) in [5.41, 5.74) is 1.99. The van der Waals surface area contributed by atoms with Gasteiger partial charge in [0.25, 0.3) is 0 Å². The van der Waals surface area contributed by atoms with Gasteiger partial charge in [0.15, 0.2) is 17.3 Å². The van der Waals surface area contributed by atoms with E-state index < -0.39 is 5.82 Å². The summed E-state index contributed by atoms with van der Waals surface area (Å²) in [6.07, 6.45) is 0.590. The van der Waals surface area contributed by atoms with Gasteiger partial charge >= 0.3 is 0 Å². The van der Waals surface area contributed by atoms with Crippen LogP contribution in [0.1, 0.15) is 34.2 Å². The lowest BCUT2D eigenvalue weighted by Crippen LogP contribution is -2.09. The molecule has 0 aliphatic heterocycles. The van der Waals surface area contributed by atoms with E-state index in [2.05, 4.69) is 10.2 Å². The van der Waals surface area contributed by atoms with Gasteiger partial charge in [-0.2, -0.15) is 10.2 Å². The molecular formula is C15H15FN2O2. The van der Waals surface area contributed by atoms with E-state index in [0.717, 1.165) is 0 Å². The number of aryl methyl sites for hydroxylation is 2. The number of benzene rings is 1. The topological polar surface area (TPSA) is 52.1 Å². The molecule has 0 aliphatic rings. The van der Waals surface area contributed by atoms with Gasteiger partial charge in [0.2, 0.25) is 0 Å². The van der Waals surface area contributed by atoms with E-state index in [1.54, 1.807) is 19.1 Å². The van der Waals surface area contributed by atoms with Crippen LogP contribution in [0.15, 0.2) is 24.3 Å². The molecule has 1 heterocycles. The summed E-state index contributed by atoms with van der Waals surface area (Å²) in [7, 11) is 1.38. The molecule has 0 amide bonds. The first-order chi connectivity index (χ1) is 9.56. The van der Waals surface area contributed by atoms with Crippen molar-refractivity contribution in [3.63, 3.8) is 0 Å². The highest BCUT2D eigenvalue weighted by molar-refractivity contribution is 6.09. The number of halogens is 1. The van der Waals surface area contributed by atoms with Crippen molar-refractivity contribution in [1.82, 2.24) is 10.2 Å². The third-order valence-corrected chi connectivity index (χ3v) is 2.99. The standard InChI is InChI=1S/C15H15FN2O2/c1-4-13-11(7-9(2)17-18-13)15(19)10-5-6-14(20-3)12(16)8-10/h5-8H,4H2,1-3H3. The van der Waals surface area contributed by atoms with Gasteiger partial charge in [0.1, 0.15) is 0 Å². The fourth-order valence-electron chi connectivity index (χ4n) is 1.94. The summed E-state index contributed by atoms with van der Waals surface area (Å²) in [5.74, 6) is -0.710. The predicted molar refractivity (Wildman–Crippen MR) is 72.5 cm³/mol. The highest BCUT2D eigenvalue weighted by Crippen LogP contribution is 2.21. The minimum Gasteiger partial charge on any atom is -0.494 e. The summed E-state index contributed by atoms with van der Waals surface area (Å²) >= 11 is 0. The monoisotopic (exact) mass is 274 g/mol. The molecule has 0 atom stereocenters. The predicted octanol–water partition coefficient (Wildman–Crippen LogP) is 2.73. The summed E-state index contributed by atoms with van der Waals surface area (Å²) < 4.78 is 18.5. The largest absolute Gasteiger partial charge is 0.494 e. The number of ether oxygens (including phenoxy) is 1. The van der Waals surface area contributed by atoms with Crippen LogP contribution >= 0.6 is 0 Å². The maximum absolute atomic E-state index is 13.7. The highest BCUT2D eigenvalue weighted by Gasteiger charge is 2.16. The van der Waals surface area contributed by atoms with Gasteiger partial charge < -0.3 is 4.74 Å². The third-order valence-electron chi connectivity index (χ3n) is 2.99. The lowest BCUT2D eigenvalue weighted by atomic mass is 10.0.